The van der Waals surface area contributed by atoms with Gasteiger partial charge in [0.15, 0.2) is 0 Å². The Bertz CT molecular complexity index is 1010. The Labute approximate surface area is 155 Å². The summed E-state index contributed by atoms with van der Waals surface area (Å²) in [7, 11) is -3.71. The summed E-state index contributed by atoms with van der Waals surface area (Å²) in [6, 6.07) is 18.4. The fourth-order valence-corrected chi connectivity index (χ4v) is 4.60. The van der Waals surface area contributed by atoms with Gasteiger partial charge in [-0.25, -0.2) is 13.2 Å². The lowest BCUT2D eigenvalue weighted by molar-refractivity contribution is 0.262. The number of hydrogen-bond acceptors (Lipinski definition) is 4. The maximum atomic E-state index is 12.5. The van der Waals surface area contributed by atoms with Crippen LogP contribution in [-0.4, -0.2) is 14.4 Å². The second-order valence-corrected chi connectivity index (χ2v) is 8.66. The highest BCUT2D eigenvalue weighted by atomic mass is 32.2. The Balaban J connectivity index is 1.77. The van der Waals surface area contributed by atoms with Gasteiger partial charge in [-0.3, -0.25) is 4.72 Å². The predicted molar refractivity (Wildman–Crippen MR) is 105 cm³/mol. The summed E-state index contributed by atoms with van der Waals surface area (Å²) in [5.41, 5.74) is 1.29. The lowest BCUT2D eigenvalue weighted by Gasteiger charge is -2.13. The summed E-state index contributed by atoms with van der Waals surface area (Å²) in [5.74, 6) is 0. The molecule has 8 heteroatoms. The average Bonchev–Trinajstić information content (AvgIpc) is 3.05. The number of aryl methyl sites for hydroxylation is 1. The van der Waals surface area contributed by atoms with Gasteiger partial charge in [0, 0.05) is 10.6 Å². The van der Waals surface area contributed by atoms with Crippen molar-refractivity contribution >= 4 is 44.5 Å². The Morgan fingerprint density at radius 2 is 1.50 bits per heavy atom. The lowest BCUT2D eigenvalue weighted by Crippen LogP contribution is -2.21. The Morgan fingerprint density at radius 3 is 2.15 bits per heavy atom. The summed E-state index contributed by atoms with van der Waals surface area (Å²) < 4.78 is 27.8. The highest BCUT2D eigenvalue weighted by Crippen LogP contribution is 2.27. The number of thiophene rings is 1. The van der Waals surface area contributed by atoms with E-state index in [0.29, 0.717) is 17.1 Å². The highest BCUT2D eigenvalue weighted by Gasteiger charge is 2.18. The van der Waals surface area contributed by atoms with Gasteiger partial charge in [-0.05, 0) is 43.3 Å². The minimum atomic E-state index is -3.71. The van der Waals surface area contributed by atoms with Crippen molar-refractivity contribution < 1.29 is 13.2 Å². The molecule has 0 bridgehead atoms. The van der Waals surface area contributed by atoms with Gasteiger partial charge in [0.2, 0.25) is 0 Å². The smallest absolute Gasteiger partial charge is 0.308 e. The first kappa shape index (κ1) is 18.0. The first-order valence-corrected chi connectivity index (χ1v) is 10.1. The first-order valence-electron chi connectivity index (χ1n) is 7.75. The van der Waals surface area contributed by atoms with Gasteiger partial charge in [0.25, 0.3) is 10.0 Å². The zero-order chi connectivity index (χ0) is 18.6. The van der Waals surface area contributed by atoms with Crippen molar-refractivity contribution in [1.82, 2.24) is 0 Å². The number of sulfonamides is 1. The third kappa shape index (κ3) is 4.41. The van der Waals surface area contributed by atoms with Crippen molar-refractivity contribution in [3.8, 4) is 0 Å². The molecule has 6 nitrogen and oxygen atoms in total. The van der Waals surface area contributed by atoms with Crippen LogP contribution in [0.4, 0.5) is 21.9 Å². The van der Waals surface area contributed by atoms with Gasteiger partial charge in [-0.15, -0.1) is 11.3 Å². The lowest BCUT2D eigenvalue weighted by atomic mass is 10.3. The molecule has 26 heavy (non-hydrogen) atoms. The Morgan fingerprint density at radius 1 is 0.846 bits per heavy atom. The van der Waals surface area contributed by atoms with Crippen LogP contribution in [0.5, 0.6) is 0 Å². The number of amides is 2. The second-order valence-electron chi connectivity index (χ2n) is 5.46. The van der Waals surface area contributed by atoms with E-state index in [1.165, 1.54) is 11.3 Å². The van der Waals surface area contributed by atoms with E-state index in [4.69, 9.17) is 0 Å². The molecule has 2 aromatic carbocycles. The van der Waals surface area contributed by atoms with Crippen molar-refractivity contribution in [2.24, 2.45) is 0 Å². The number of para-hydroxylation sites is 3. The van der Waals surface area contributed by atoms with Crippen LogP contribution in [-0.2, 0) is 10.0 Å². The van der Waals surface area contributed by atoms with Crippen molar-refractivity contribution in [2.75, 3.05) is 15.4 Å². The molecule has 134 valence electrons. The van der Waals surface area contributed by atoms with E-state index in [9.17, 15) is 13.2 Å². The zero-order valence-corrected chi connectivity index (χ0v) is 15.5. The monoisotopic (exact) mass is 387 g/mol. The predicted octanol–water partition coefficient (Wildman–Crippen LogP) is 4.50. The number of carbonyl (C=O) groups is 1. The SMILES string of the molecule is Cc1ccc(S(=O)(=O)Nc2ccccc2NC(=O)Nc2ccccc2)s1. The zero-order valence-electron chi connectivity index (χ0n) is 13.9. The number of urea groups is 1. The topological polar surface area (TPSA) is 87.3 Å². The molecule has 0 saturated heterocycles. The van der Waals surface area contributed by atoms with Gasteiger partial charge in [-0.1, -0.05) is 30.3 Å². The molecule has 3 rings (SSSR count). The van der Waals surface area contributed by atoms with Gasteiger partial charge in [-0.2, -0.15) is 0 Å². The minimum absolute atomic E-state index is 0.221. The van der Waals surface area contributed by atoms with Crippen LogP contribution in [0.25, 0.3) is 0 Å². The van der Waals surface area contributed by atoms with Crippen molar-refractivity contribution in [3.05, 3.63) is 71.6 Å². The molecule has 2 amide bonds. The van der Waals surface area contributed by atoms with Gasteiger partial charge < -0.3 is 10.6 Å². The maximum absolute atomic E-state index is 12.5. The van der Waals surface area contributed by atoms with Gasteiger partial charge in [0.1, 0.15) is 4.21 Å². The standard InChI is InChI=1S/C18H17N3O3S2/c1-13-11-12-17(25-13)26(23,24)21-16-10-6-5-9-15(16)20-18(22)19-14-7-3-2-4-8-14/h2-12,21H,1H3,(H2,19,20,22). The van der Waals surface area contributed by atoms with E-state index < -0.39 is 16.1 Å². The number of hydrogen-bond donors (Lipinski definition) is 3. The quantitative estimate of drug-likeness (QED) is 0.602. The highest BCUT2D eigenvalue weighted by molar-refractivity contribution is 7.94. The van der Waals surface area contributed by atoms with Crippen molar-refractivity contribution in [2.45, 2.75) is 11.1 Å². The average molecular weight is 387 g/mol. The van der Waals surface area contributed by atoms with Crippen LogP contribution >= 0.6 is 11.3 Å². The number of rotatable bonds is 5. The fraction of sp³-hybridized carbons (Fsp3) is 0.0556. The van der Waals surface area contributed by atoms with E-state index in [-0.39, 0.29) is 4.21 Å². The van der Waals surface area contributed by atoms with E-state index in [1.807, 2.05) is 13.0 Å². The van der Waals surface area contributed by atoms with Crippen LogP contribution in [0.2, 0.25) is 0 Å². The summed E-state index contributed by atoms with van der Waals surface area (Å²) in [4.78, 5) is 13.1. The number of benzene rings is 2. The molecule has 0 aliphatic rings. The molecule has 0 atom stereocenters. The van der Waals surface area contributed by atoms with Gasteiger partial charge >= 0.3 is 6.03 Å². The summed E-state index contributed by atoms with van der Waals surface area (Å²) in [6.07, 6.45) is 0. The molecule has 0 aliphatic carbocycles. The van der Waals surface area contributed by atoms with E-state index >= 15 is 0 Å². The van der Waals surface area contributed by atoms with Crippen LogP contribution in [0.3, 0.4) is 0 Å². The summed E-state index contributed by atoms with van der Waals surface area (Å²) in [6.45, 7) is 1.84. The van der Waals surface area contributed by atoms with E-state index in [2.05, 4.69) is 15.4 Å². The summed E-state index contributed by atoms with van der Waals surface area (Å²) in [5, 5.41) is 5.35. The van der Waals surface area contributed by atoms with Crippen molar-refractivity contribution in [1.29, 1.82) is 0 Å². The normalized spacial score (nSPS) is 11.0. The third-order valence-electron chi connectivity index (χ3n) is 3.43. The molecule has 1 aromatic heterocycles. The second kappa shape index (κ2) is 7.59. The van der Waals surface area contributed by atoms with Crippen LogP contribution in [0, 0.1) is 6.92 Å². The number of anilines is 3. The molecule has 0 spiro atoms. The van der Waals surface area contributed by atoms with E-state index in [1.54, 1.807) is 60.7 Å². The van der Waals surface area contributed by atoms with Gasteiger partial charge in [0.05, 0.1) is 11.4 Å². The Hall–Kier alpha value is -2.84. The van der Waals surface area contributed by atoms with E-state index in [0.717, 1.165) is 4.88 Å². The number of nitrogens with one attached hydrogen (secondary N) is 3. The molecule has 0 fully saturated rings. The third-order valence-corrected chi connectivity index (χ3v) is 6.29. The molecular formula is C18H17N3O3S2. The number of carbonyl (C=O) groups excluding carboxylic acids is 1. The molecule has 0 radical (unpaired) electrons. The summed E-state index contributed by atoms with van der Waals surface area (Å²) >= 11 is 1.19. The van der Waals surface area contributed by atoms with Crippen LogP contribution in [0.1, 0.15) is 4.88 Å². The maximum Gasteiger partial charge on any atom is 0.323 e. The minimum Gasteiger partial charge on any atom is -0.308 e. The molecule has 3 N–H and O–H groups in total. The van der Waals surface area contributed by atoms with Crippen molar-refractivity contribution in [3.63, 3.8) is 0 Å². The molecule has 1 heterocycles. The molecule has 0 saturated carbocycles. The Kier molecular flexibility index (Phi) is 5.24. The first-order chi connectivity index (χ1) is 12.4. The molecular weight excluding hydrogens is 370 g/mol. The van der Waals surface area contributed by atoms with Crippen LogP contribution < -0.4 is 15.4 Å². The molecule has 3 aromatic rings. The fourth-order valence-electron chi connectivity index (χ4n) is 2.24. The largest absolute Gasteiger partial charge is 0.323 e. The van der Waals surface area contributed by atoms with Crippen LogP contribution in [0.15, 0.2) is 70.9 Å². The molecule has 0 aliphatic heterocycles. The molecule has 0 unspecified atom stereocenters.